The van der Waals surface area contributed by atoms with E-state index >= 15 is 0 Å². The number of hydrogen-bond acceptors (Lipinski definition) is 3. The third-order valence-electron chi connectivity index (χ3n) is 3.42. The molecule has 1 N–H and O–H groups in total. The van der Waals surface area contributed by atoms with Crippen LogP contribution in [0.25, 0.3) is 11.1 Å². The lowest BCUT2D eigenvalue weighted by molar-refractivity contribution is 0.394. The van der Waals surface area contributed by atoms with Gasteiger partial charge in [-0.1, -0.05) is 31.2 Å². The maximum absolute atomic E-state index is 5.36. The van der Waals surface area contributed by atoms with Crippen LogP contribution in [0.5, 0.6) is 11.5 Å². The van der Waals surface area contributed by atoms with Gasteiger partial charge in [0.2, 0.25) is 0 Å². The summed E-state index contributed by atoms with van der Waals surface area (Å²) in [6.45, 7) is 4.06. The molecule has 0 amide bonds. The van der Waals surface area contributed by atoms with Crippen molar-refractivity contribution in [1.82, 2.24) is 5.32 Å². The molecule has 21 heavy (non-hydrogen) atoms. The first-order valence-electron chi connectivity index (χ1n) is 7.30. The normalized spacial score (nSPS) is 10.4. The van der Waals surface area contributed by atoms with Crippen LogP contribution in [0.1, 0.15) is 18.9 Å². The maximum Gasteiger partial charge on any atom is 0.123 e. The number of nitrogens with one attached hydrogen (secondary N) is 1. The molecule has 2 aromatic rings. The Morgan fingerprint density at radius 1 is 0.952 bits per heavy atom. The SMILES string of the molecule is CCCNCc1ccccc1-c1cc(OC)cc(OC)c1. The number of hydrogen-bond donors (Lipinski definition) is 1. The molecule has 0 saturated carbocycles. The highest BCUT2D eigenvalue weighted by Crippen LogP contribution is 2.31. The monoisotopic (exact) mass is 285 g/mol. The Kier molecular flexibility index (Phi) is 5.64. The average Bonchev–Trinajstić information content (AvgIpc) is 2.55. The molecular weight excluding hydrogens is 262 g/mol. The Hall–Kier alpha value is -2.00. The standard InChI is InChI=1S/C18H23NO2/c1-4-9-19-13-14-7-5-6-8-18(14)15-10-16(20-2)12-17(11-15)21-3/h5-8,10-12,19H,4,9,13H2,1-3H3. The van der Waals surface area contributed by atoms with Gasteiger partial charge in [-0.2, -0.15) is 0 Å². The summed E-state index contributed by atoms with van der Waals surface area (Å²) in [4.78, 5) is 0. The Morgan fingerprint density at radius 2 is 1.62 bits per heavy atom. The van der Waals surface area contributed by atoms with Gasteiger partial charge < -0.3 is 14.8 Å². The third-order valence-corrected chi connectivity index (χ3v) is 3.42. The molecule has 0 aliphatic heterocycles. The molecule has 3 nitrogen and oxygen atoms in total. The zero-order chi connectivity index (χ0) is 15.1. The largest absolute Gasteiger partial charge is 0.497 e. The van der Waals surface area contributed by atoms with Gasteiger partial charge in [0, 0.05) is 12.6 Å². The molecule has 0 atom stereocenters. The summed E-state index contributed by atoms with van der Waals surface area (Å²) in [5, 5.41) is 3.46. The van der Waals surface area contributed by atoms with E-state index in [0.717, 1.165) is 36.6 Å². The molecule has 0 spiro atoms. The smallest absolute Gasteiger partial charge is 0.123 e. The highest BCUT2D eigenvalue weighted by atomic mass is 16.5. The summed E-state index contributed by atoms with van der Waals surface area (Å²) in [7, 11) is 3.35. The van der Waals surface area contributed by atoms with Gasteiger partial charge in [0.05, 0.1) is 14.2 Å². The van der Waals surface area contributed by atoms with Crippen LogP contribution in [0.4, 0.5) is 0 Å². The summed E-state index contributed by atoms with van der Waals surface area (Å²) >= 11 is 0. The van der Waals surface area contributed by atoms with E-state index in [9.17, 15) is 0 Å². The van der Waals surface area contributed by atoms with Crippen molar-refractivity contribution in [2.75, 3.05) is 20.8 Å². The molecule has 2 aromatic carbocycles. The van der Waals surface area contributed by atoms with Crippen LogP contribution in [-0.4, -0.2) is 20.8 Å². The Balaban J connectivity index is 2.36. The lowest BCUT2D eigenvalue weighted by Crippen LogP contribution is -2.14. The Labute approximate surface area is 126 Å². The quantitative estimate of drug-likeness (QED) is 0.783. The fourth-order valence-electron chi connectivity index (χ4n) is 2.32. The zero-order valence-corrected chi connectivity index (χ0v) is 13.0. The first-order chi connectivity index (χ1) is 10.3. The van der Waals surface area contributed by atoms with Gasteiger partial charge in [-0.05, 0) is 41.8 Å². The second-order valence-corrected chi connectivity index (χ2v) is 4.94. The molecule has 0 aliphatic rings. The van der Waals surface area contributed by atoms with Crippen molar-refractivity contribution in [2.45, 2.75) is 19.9 Å². The van der Waals surface area contributed by atoms with Gasteiger partial charge in [-0.3, -0.25) is 0 Å². The van der Waals surface area contributed by atoms with Gasteiger partial charge in [-0.25, -0.2) is 0 Å². The predicted molar refractivity (Wildman–Crippen MR) is 87.0 cm³/mol. The van der Waals surface area contributed by atoms with Crippen molar-refractivity contribution in [3.8, 4) is 22.6 Å². The minimum absolute atomic E-state index is 0.806. The molecular formula is C18H23NO2. The molecule has 0 unspecified atom stereocenters. The second-order valence-electron chi connectivity index (χ2n) is 4.94. The van der Waals surface area contributed by atoms with Gasteiger partial charge in [0.25, 0.3) is 0 Å². The summed E-state index contributed by atoms with van der Waals surface area (Å²) < 4.78 is 10.7. The molecule has 0 saturated heterocycles. The van der Waals surface area contributed by atoms with Crippen LogP contribution in [-0.2, 0) is 6.54 Å². The highest BCUT2D eigenvalue weighted by molar-refractivity contribution is 5.70. The third kappa shape index (κ3) is 3.99. The molecule has 3 heteroatoms. The number of benzene rings is 2. The Bertz CT molecular complexity index is 559. The van der Waals surface area contributed by atoms with Gasteiger partial charge in [-0.15, -0.1) is 0 Å². The van der Waals surface area contributed by atoms with Crippen LogP contribution in [0, 0.1) is 0 Å². The van der Waals surface area contributed by atoms with E-state index < -0.39 is 0 Å². The molecule has 112 valence electrons. The van der Waals surface area contributed by atoms with Crippen LogP contribution in [0.3, 0.4) is 0 Å². The summed E-state index contributed by atoms with van der Waals surface area (Å²) in [5.41, 5.74) is 3.60. The van der Waals surface area contributed by atoms with Crippen molar-refractivity contribution >= 4 is 0 Å². The van der Waals surface area contributed by atoms with Crippen LogP contribution >= 0.6 is 0 Å². The first kappa shape index (κ1) is 15.4. The highest BCUT2D eigenvalue weighted by Gasteiger charge is 2.08. The number of rotatable bonds is 7. The van der Waals surface area contributed by atoms with Crippen molar-refractivity contribution in [1.29, 1.82) is 0 Å². The fraction of sp³-hybridized carbons (Fsp3) is 0.333. The van der Waals surface area contributed by atoms with E-state index in [4.69, 9.17) is 9.47 Å². The van der Waals surface area contributed by atoms with E-state index in [2.05, 4.69) is 36.5 Å². The average molecular weight is 285 g/mol. The van der Waals surface area contributed by atoms with E-state index in [-0.39, 0.29) is 0 Å². The molecule has 0 aromatic heterocycles. The number of methoxy groups -OCH3 is 2. The summed E-state index contributed by atoms with van der Waals surface area (Å²) in [6.07, 6.45) is 1.13. The van der Waals surface area contributed by atoms with E-state index in [1.165, 1.54) is 11.1 Å². The van der Waals surface area contributed by atoms with E-state index in [1.807, 2.05) is 18.2 Å². The molecule has 0 radical (unpaired) electrons. The fourth-order valence-corrected chi connectivity index (χ4v) is 2.32. The second kappa shape index (κ2) is 7.70. The van der Waals surface area contributed by atoms with E-state index in [1.54, 1.807) is 14.2 Å². The molecule has 0 bridgehead atoms. The van der Waals surface area contributed by atoms with Gasteiger partial charge in [0.15, 0.2) is 0 Å². The van der Waals surface area contributed by atoms with Crippen LogP contribution in [0.2, 0.25) is 0 Å². The first-order valence-corrected chi connectivity index (χ1v) is 7.30. The minimum atomic E-state index is 0.806. The predicted octanol–water partition coefficient (Wildman–Crippen LogP) is 3.87. The van der Waals surface area contributed by atoms with E-state index in [0.29, 0.717) is 0 Å². The molecule has 0 fully saturated rings. The summed E-state index contributed by atoms with van der Waals surface area (Å²) in [5.74, 6) is 1.61. The maximum atomic E-state index is 5.36. The van der Waals surface area contributed by atoms with Gasteiger partial charge in [0.1, 0.15) is 11.5 Å². The molecule has 2 rings (SSSR count). The van der Waals surface area contributed by atoms with Gasteiger partial charge >= 0.3 is 0 Å². The van der Waals surface area contributed by atoms with Crippen molar-refractivity contribution < 1.29 is 9.47 Å². The minimum Gasteiger partial charge on any atom is -0.497 e. The van der Waals surface area contributed by atoms with Crippen molar-refractivity contribution in [3.05, 3.63) is 48.0 Å². The lowest BCUT2D eigenvalue weighted by Gasteiger charge is -2.13. The Morgan fingerprint density at radius 3 is 2.24 bits per heavy atom. The summed E-state index contributed by atoms with van der Waals surface area (Å²) in [6, 6.07) is 14.4. The van der Waals surface area contributed by atoms with Crippen LogP contribution < -0.4 is 14.8 Å². The van der Waals surface area contributed by atoms with Crippen LogP contribution in [0.15, 0.2) is 42.5 Å². The molecule has 0 aliphatic carbocycles. The zero-order valence-electron chi connectivity index (χ0n) is 13.0. The molecule has 0 heterocycles. The lowest BCUT2D eigenvalue weighted by atomic mass is 9.99. The number of ether oxygens (including phenoxy) is 2. The van der Waals surface area contributed by atoms with Crippen molar-refractivity contribution in [3.63, 3.8) is 0 Å². The van der Waals surface area contributed by atoms with Crippen molar-refractivity contribution in [2.24, 2.45) is 0 Å². The topological polar surface area (TPSA) is 30.5 Å².